The minimum absolute atomic E-state index is 0.0896. The molecule has 0 unspecified atom stereocenters. The van der Waals surface area contributed by atoms with Crippen LogP contribution in [0.15, 0.2) is 6.08 Å². The lowest BCUT2D eigenvalue weighted by atomic mass is 10.2. The van der Waals surface area contributed by atoms with Crippen LogP contribution in [0.25, 0.3) is 6.08 Å². The molecule has 0 N–H and O–H groups in total. The van der Waals surface area contributed by atoms with Crippen LogP contribution in [-0.2, 0) is 16.6 Å². The zero-order valence-corrected chi connectivity index (χ0v) is 10.4. The Kier molecular flexibility index (Phi) is 3.88. The molecule has 0 aliphatic carbocycles. The van der Waals surface area contributed by atoms with Gasteiger partial charge in [-0.05, 0) is 33.8 Å². The van der Waals surface area contributed by atoms with Crippen molar-refractivity contribution in [3.8, 4) is 0 Å². The predicted molar refractivity (Wildman–Crippen MR) is 62.9 cm³/mol. The first kappa shape index (κ1) is 12.5. The lowest BCUT2D eigenvalue weighted by Gasteiger charge is -2.03. The maximum atomic E-state index is 11.3. The van der Waals surface area contributed by atoms with Gasteiger partial charge >= 0.3 is 5.97 Å². The summed E-state index contributed by atoms with van der Waals surface area (Å²) in [6.45, 7) is 7.53. The summed E-state index contributed by atoms with van der Waals surface area (Å²) in [6.07, 6.45) is 3.10. The molecule has 1 rings (SSSR count). The molecular formula is C12H18N2O2. The fourth-order valence-corrected chi connectivity index (χ4v) is 1.45. The van der Waals surface area contributed by atoms with Crippen molar-refractivity contribution >= 4 is 12.0 Å². The molecule has 0 saturated heterocycles. The van der Waals surface area contributed by atoms with E-state index < -0.39 is 0 Å². The van der Waals surface area contributed by atoms with E-state index in [1.165, 1.54) is 6.08 Å². The summed E-state index contributed by atoms with van der Waals surface area (Å²) >= 11 is 0. The van der Waals surface area contributed by atoms with Gasteiger partial charge in [0.15, 0.2) is 0 Å². The third kappa shape index (κ3) is 2.95. The second-order valence-corrected chi connectivity index (χ2v) is 4.03. The molecule has 0 fully saturated rings. The van der Waals surface area contributed by atoms with E-state index in [1.54, 1.807) is 10.8 Å². The van der Waals surface area contributed by atoms with Gasteiger partial charge in [-0.2, -0.15) is 5.10 Å². The molecule has 0 bridgehead atoms. The zero-order chi connectivity index (χ0) is 12.3. The Hall–Kier alpha value is -1.58. The van der Waals surface area contributed by atoms with E-state index >= 15 is 0 Å². The monoisotopic (exact) mass is 222 g/mol. The number of carbonyl (C=O) groups is 1. The van der Waals surface area contributed by atoms with Gasteiger partial charge in [0.05, 0.1) is 11.8 Å². The minimum Gasteiger partial charge on any atom is -0.460 e. The van der Waals surface area contributed by atoms with Gasteiger partial charge in [0, 0.05) is 24.4 Å². The summed E-state index contributed by atoms with van der Waals surface area (Å²) < 4.78 is 6.80. The van der Waals surface area contributed by atoms with Crippen LogP contribution in [0.5, 0.6) is 0 Å². The van der Waals surface area contributed by atoms with Gasteiger partial charge in [0.1, 0.15) is 0 Å². The van der Waals surface area contributed by atoms with E-state index in [1.807, 2.05) is 34.7 Å². The topological polar surface area (TPSA) is 44.1 Å². The standard InChI is InChI=1S/C12H18N2O2/c1-8(2)16-12(15)7-6-11-9(3)13-14(5)10(11)4/h6-8H,1-5H3. The smallest absolute Gasteiger partial charge is 0.331 e. The van der Waals surface area contributed by atoms with Gasteiger partial charge in [0.2, 0.25) is 0 Å². The Bertz CT molecular complexity index is 417. The van der Waals surface area contributed by atoms with Crippen LogP contribution in [-0.4, -0.2) is 21.9 Å². The summed E-state index contributed by atoms with van der Waals surface area (Å²) in [5, 5.41) is 4.26. The van der Waals surface area contributed by atoms with E-state index in [0.29, 0.717) is 0 Å². The molecule has 0 spiro atoms. The lowest BCUT2D eigenvalue weighted by Crippen LogP contribution is -2.08. The van der Waals surface area contributed by atoms with Gasteiger partial charge in [-0.3, -0.25) is 4.68 Å². The maximum Gasteiger partial charge on any atom is 0.331 e. The Morgan fingerprint density at radius 1 is 1.44 bits per heavy atom. The second kappa shape index (κ2) is 4.96. The minimum atomic E-state index is -0.322. The van der Waals surface area contributed by atoms with Crippen LogP contribution in [0.3, 0.4) is 0 Å². The number of ether oxygens (including phenoxy) is 1. The highest BCUT2D eigenvalue weighted by Gasteiger charge is 2.07. The third-order valence-electron chi connectivity index (χ3n) is 2.30. The fraction of sp³-hybridized carbons (Fsp3) is 0.500. The molecule has 88 valence electrons. The van der Waals surface area contributed by atoms with E-state index in [9.17, 15) is 4.79 Å². The van der Waals surface area contributed by atoms with Crippen molar-refractivity contribution in [2.75, 3.05) is 0 Å². The third-order valence-corrected chi connectivity index (χ3v) is 2.30. The van der Waals surface area contributed by atoms with E-state index in [2.05, 4.69) is 5.10 Å². The van der Waals surface area contributed by atoms with E-state index in [-0.39, 0.29) is 12.1 Å². The predicted octanol–water partition coefficient (Wildman–Crippen LogP) is 2.00. The van der Waals surface area contributed by atoms with Gasteiger partial charge in [-0.25, -0.2) is 4.79 Å². The molecule has 0 aliphatic heterocycles. The maximum absolute atomic E-state index is 11.3. The summed E-state index contributed by atoms with van der Waals surface area (Å²) in [7, 11) is 1.88. The first-order valence-electron chi connectivity index (χ1n) is 5.30. The first-order valence-corrected chi connectivity index (χ1v) is 5.30. The van der Waals surface area contributed by atoms with E-state index in [0.717, 1.165) is 17.0 Å². The molecule has 16 heavy (non-hydrogen) atoms. The van der Waals surface area contributed by atoms with Crippen LogP contribution >= 0.6 is 0 Å². The molecule has 0 radical (unpaired) electrons. The number of carbonyl (C=O) groups excluding carboxylic acids is 1. The van der Waals surface area contributed by atoms with Crippen molar-refractivity contribution in [3.05, 3.63) is 23.0 Å². The Balaban J connectivity index is 2.80. The van der Waals surface area contributed by atoms with Crippen LogP contribution in [0, 0.1) is 13.8 Å². The molecule has 1 heterocycles. The van der Waals surface area contributed by atoms with Crippen molar-refractivity contribution in [1.29, 1.82) is 0 Å². The van der Waals surface area contributed by atoms with Crippen molar-refractivity contribution < 1.29 is 9.53 Å². The van der Waals surface area contributed by atoms with Crippen molar-refractivity contribution in [2.45, 2.75) is 33.8 Å². The second-order valence-electron chi connectivity index (χ2n) is 4.03. The number of esters is 1. The number of nitrogens with zero attached hydrogens (tertiary/aromatic N) is 2. The molecule has 1 aromatic heterocycles. The summed E-state index contributed by atoms with van der Waals surface area (Å²) in [6, 6.07) is 0. The number of aromatic nitrogens is 2. The summed E-state index contributed by atoms with van der Waals surface area (Å²) in [4.78, 5) is 11.3. The Morgan fingerprint density at radius 2 is 2.06 bits per heavy atom. The average molecular weight is 222 g/mol. The fourth-order valence-electron chi connectivity index (χ4n) is 1.45. The highest BCUT2D eigenvalue weighted by molar-refractivity contribution is 5.87. The van der Waals surface area contributed by atoms with Crippen molar-refractivity contribution in [2.24, 2.45) is 7.05 Å². The van der Waals surface area contributed by atoms with Crippen LogP contribution < -0.4 is 0 Å². The van der Waals surface area contributed by atoms with Crippen molar-refractivity contribution in [1.82, 2.24) is 9.78 Å². The molecule has 4 heteroatoms. The quantitative estimate of drug-likeness (QED) is 0.580. The molecule has 4 nitrogen and oxygen atoms in total. The van der Waals surface area contributed by atoms with Crippen LogP contribution in [0.1, 0.15) is 30.8 Å². The zero-order valence-electron chi connectivity index (χ0n) is 10.4. The van der Waals surface area contributed by atoms with Gasteiger partial charge in [0.25, 0.3) is 0 Å². The normalized spacial score (nSPS) is 11.4. The van der Waals surface area contributed by atoms with Crippen LogP contribution in [0.4, 0.5) is 0 Å². The Morgan fingerprint density at radius 3 is 2.50 bits per heavy atom. The highest BCUT2D eigenvalue weighted by atomic mass is 16.5. The van der Waals surface area contributed by atoms with Crippen LogP contribution in [0.2, 0.25) is 0 Å². The van der Waals surface area contributed by atoms with Gasteiger partial charge in [-0.1, -0.05) is 0 Å². The van der Waals surface area contributed by atoms with Gasteiger partial charge in [-0.15, -0.1) is 0 Å². The largest absolute Gasteiger partial charge is 0.460 e. The van der Waals surface area contributed by atoms with E-state index in [4.69, 9.17) is 4.74 Å². The molecular weight excluding hydrogens is 204 g/mol. The number of rotatable bonds is 3. The average Bonchev–Trinajstić information content (AvgIpc) is 2.38. The highest BCUT2D eigenvalue weighted by Crippen LogP contribution is 2.13. The Labute approximate surface area is 95.9 Å². The first-order chi connectivity index (χ1) is 7.41. The summed E-state index contributed by atoms with van der Waals surface area (Å²) in [5.41, 5.74) is 2.92. The van der Waals surface area contributed by atoms with Crippen molar-refractivity contribution in [3.63, 3.8) is 0 Å². The lowest BCUT2D eigenvalue weighted by molar-refractivity contribution is -0.141. The molecule has 0 aliphatic rings. The molecule has 0 aromatic carbocycles. The number of hydrogen-bond donors (Lipinski definition) is 0. The molecule has 0 amide bonds. The number of aryl methyl sites for hydroxylation is 2. The molecule has 1 aromatic rings. The SMILES string of the molecule is Cc1nn(C)c(C)c1C=CC(=O)OC(C)C. The molecule has 0 atom stereocenters. The van der Waals surface area contributed by atoms with Gasteiger partial charge < -0.3 is 4.74 Å². The number of hydrogen-bond acceptors (Lipinski definition) is 3. The summed E-state index contributed by atoms with van der Waals surface area (Å²) in [5.74, 6) is -0.322. The molecule has 0 saturated carbocycles.